The van der Waals surface area contributed by atoms with Crippen LogP contribution in [0, 0.1) is 23.1 Å². The minimum Gasteiger partial charge on any atom is -0.370 e. The van der Waals surface area contributed by atoms with Gasteiger partial charge in [0.05, 0.1) is 21.8 Å². The number of amides is 1. The molecule has 1 saturated heterocycles. The van der Waals surface area contributed by atoms with E-state index in [1.807, 2.05) is 6.07 Å². The fourth-order valence-corrected chi connectivity index (χ4v) is 4.23. The van der Waals surface area contributed by atoms with Crippen molar-refractivity contribution in [2.24, 2.45) is 5.92 Å². The molecule has 0 atom stereocenters. The summed E-state index contributed by atoms with van der Waals surface area (Å²) in [5.74, 6) is -0.780. The van der Waals surface area contributed by atoms with Crippen molar-refractivity contribution in [3.05, 3.63) is 64.6 Å². The Hall–Kier alpha value is -3.17. The van der Waals surface area contributed by atoms with Gasteiger partial charge in [-0.15, -0.1) is 0 Å². The molecule has 3 aromatic rings. The molecule has 1 fully saturated rings. The number of benzene rings is 2. The van der Waals surface area contributed by atoms with Gasteiger partial charge in [-0.2, -0.15) is 5.26 Å². The molecule has 0 unspecified atom stereocenters. The van der Waals surface area contributed by atoms with Crippen LogP contribution in [0.4, 0.5) is 15.8 Å². The maximum Gasteiger partial charge on any atom is 0.227 e. The monoisotopic (exact) mass is 436 g/mol. The molecule has 0 aliphatic carbocycles. The fourth-order valence-electron chi connectivity index (χ4n) is 4.05. The zero-order chi connectivity index (χ0) is 22.0. The minimum absolute atomic E-state index is 0.0207. The normalized spacial score (nSPS) is 14.5. The number of halogens is 2. The minimum atomic E-state index is -0.517. The summed E-state index contributed by atoms with van der Waals surface area (Å²) < 4.78 is 13.3. The summed E-state index contributed by atoms with van der Waals surface area (Å²) in [6.45, 7) is 3.42. The van der Waals surface area contributed by atoms with Crippen molar-refractivity contribution in [2.45, 2.75) is 26.2 Å². The number of fused-ring (bicyclic) bond motifs is 1. The molecule has 0 bridgehead atoms. The largest absolute Gasteiger partial charge is 0.370 e. The van der Waals surface area contributed by atoms with Gasteiger partial charge in [0.25, 0.3) is 0 Å². The number of nitriles is 1. The Balaban J connectivity index is 1.52. The highest BCUT2D eigenvalue weighted by atomic mass is 35.5. The summed E-state index contributed by atoms with van der Waals surface area (Å²) in [6.07, 6.45) is 3.84. The lowest BCUT2D eigenvalue weighted by molar-refractivity contribution is -0.120. The lowest BCUT2D eigenvalue weighted by Crippen LogP contribution is -2.38. The van der Waals surface area contributed by atoms with Gasteiger partial charge < -0.3 is 10.2 Å². The van der Waals surface area contributed by atoms with Crippen LogP contribution in [0.1, 0.15) is 30.9 Å². The van der Waals surface area contributed by atoms with Crippen molar-refractivity contribution in [3.63, 3.8) is 0 Å². The number of aryl methyl sites for hydroxylation is 1. The summed E-state index contributed by atoms with van der Waals surface area (Å²) in [7, 11) is 0. The van der Waals surface area contributed by atoms with E-state index in [2.05, 4.69) is 40.3 Å². The van der Waals surface area contributed by atoms with Crippen LogP contribution in [0.15, 0.2) is 42.6 Å². The molecular weight excluding hydrogens is 415 g/mol. The molecule has 1 aliphatic heterocycles. The van der Waals surface area contributed by atoms with Gasteiger partial charge in [0.15, 0.2) is 0 Å². The Bertz CT molecular complexity index is 1180. The molecule has 2 heterocycles. The first-order chi connectivity index (χ1) is 15.0. The molecule has 158 valence electrons. The Morgan fingerprint density at radius 3 is 2.74 bits per heavy atom. The van der Waals surface area contributed by atoms with E-state index in [-0.39, 0.29) is 16.8 Å². The van der Waals surface area contributed by atoms with E-state index in [9.17, 15) is 14.4 Å². The molecular formula is C24H22ClFN4O. The molecule has 0 saturated carbocycles. The number of piperidine rings is 1. The molecule has 1 aliphatic rings. The van der Waals surface area contributed by atoms with Crippen LogP contribution in [-0.4, -0.2) is 24.0 Å². The number of hydrogen-bond acceptors (Lipinski definition) is 4. The average molecular weight is 437 g/mol. The molecule has 2 aromatic carbocycles. The number of hydrogen-bond donors (Lipinski definition) is 1. The number of rotatable bonds is 4. The average Bonchev–Trinajstić information content (AvgIpc) is 2.80. The fraction of sp³-hybridized carbons (Fsp3) is 0.292. The summed E-state index contributed by atoms with van der Waals surface area (Å²) in [4.78, 5) is 19.3. The van der Waals surface area contributed by atoms with Crippen molar-refractivity contribution < 1.29 is 9.18 Å². The summed E-state index contributed by atoms with van der Waals surface area (Å²) in [5, 5.41) is 13.4. The molecule has 7 heteroatoms. The van der Waals surface area contributed by atoms with Gasteiger partial charge >= 0.3 is 0 Å². The maximum absolute atomic E-state index is 13.3. The second-order valence-electron chi connectivity index (χ2n) is 7.72. The number of nitrogens with one attached hydrogen (secondary N) is 1. The van der Waals surface area contributed by atoms with E-state index in [4.69, 9.17) is 11.6 Å². The number of pyridine rings is 1. The molecule has 0 radical (unpaired) electrons. The summed E-state index contributed by atoms with van der Waals surface area (Å²) in [5.41, 5.74) is 3.98. The van der Waals surface area contributed by atoms with Gasteiger partial charge in [0.1, 0.15) is 11.9 Å². The first-order valence-electron chi connectivity index (χ1n) is 10.3. The van der Waals surface area contributed by atoms with E-state index >= 15 is 0 Å². The standard InChI is InChI=1S/C24H22ClFN4O/c1-2-15-3-6-22-19(11-15)23(17(13-27)14-28-22)30-9-7-16(8-10-30)24(31)29-18-4-5-21(26)20(25)12-18/h3-6,11-12,14,16H,2,7-10H2,1H3,(H,29,31). The third kappa shape index (κ3) is 4.33. The van der Waals surface area contributed by atoms with Crippen molar-refractivity contribution in [1.82, 2.24) is 4.98 Å². The van der Waals surface area contributed by atoms with Gasteiger partial charge in [0.2, 0.25) is 5.91 Å². The lowest BCUT2D eigenvalue weighted by Gasteiger charge is -2.34. The Morgan fingerprint density at radius 2 is 2.06 bits per heavy atom. The predicted molar refractivity (Wildman–Crippen MR) is 121 cm³/mol. The second-order valence-corrected chi connectivity index (χ2v) is 8.12. The van der Waals surface area contributed by atoms with Crippen LogP contribution in [0.5, 0.6) is 0 Å². The molecule has 31 heavy (non-hydrogen) atoms. The van der Waals surface area contributed by atoms with Gasteiger partial charge in [0, 0.05) is 36.3 Å². The maximum atomic E-state index is 13.3. The van der Waals surface area contributed by atoms with Crippen LogP contribution < -0.4 is 10.2 Å². The second kappa shape index (κ2) is 8.91. The number of carbonyl (C=O) groups excluding carboxylic acids is 1. The first kappa shape index (κ1) is 21.1. The summed E-state index contributed by atoms with van der Waals surface area (Å²) >= 11 is 5.80. The SMILES string of the molecule is CCc1ccc2ncc(C#N)c(N3CCC(C(=O)Nc4ccc(F)c(Cl)c4)CC3)c2c1. The van der Waals surface area contributed by atoms with Crippen molar-refractivity contribution >= 4 is 39.8 Å². The molecule has 0 spiro atoms. The molecule has 4 rings (SSSR count). The van der Waals surface area contributed by atoms with Crippen LogP contribution in [0.2, 0.25) is 5.02 Å². The topological polar surface area (TPSA) is 69.0 Å². The molecule has 1 amide bonds. The van der Waals surface area contributed by atoms with Gasteiger partial charge in [-0.05, 0) is 55.2 Å². The van der Waals surface area contributed by atoms with Crippen molar-refractivity contribution in [1.29, 1.82) is 5.26 Å². The summed E-state index contributed by atoms with van der Waals surface area (Å²) in [6, 6.07) is 12.6. The Kier molecular flexibility index (Phi) is 6.06. The smallest absolute Gasteiger partial charge is 0.227 e. The van der Waals surface area contributed by atoms with Crippen molar-refractivity contribution in [3.8, 4) is 6.07 Å². The quantitative estimate of drug-likeness (QED) is 0.601. The van der Waals surface area contributed by atoms with Crippen molar-refractivity contribution in [2.75, 3.05) is 23.3 Å². The zero-order valence-electron chi connectivity index (χ0n) is 17.2. The first-order valence-corrected chi connectivity index (χ1v) is 10.7. The van der Waals surface area contributed by atoms with Crippen LogP contribution in [0.25, 0.3) is 10.9 Å². The van der Waals surface area contributed by atoms with Gasteiger partial charge in [-0.25, -0.2) is 4.39 Å². The van der Waals surface area contributed by atoms with Crippen LogP contribution in [0.3, 0.4) is 0 Å². The third-order valence-corrected chi connectivity index (χ3v) is 6.09. The Morgan fingerprint density at radius 1 is 1.29 bits per heavy atom. The predicted octanol–water partition coefficient (Wildman–Crippen LogP) is 5.32. The van der Waals surface area contributed by atoms with E-state index in [0.717, 1.165) is 23.0 Å². The molecule has 1 aromatic heterocycles. The number of aromatic nitrogens is 1. The molecule has 1 N–H and O–H groups in total. The Labute approximate surface area is 185 Å². The number of nitrogens with zero attached hydrogens (tertiary/aromatic N) is 3. The number of carbonyl (C=O) groups is 1. The molecule has 5 nitrogen and oxygen atoms in total. The van der Waals surface area contributed by atoms with Gasteiger partial charge in [-0.3, -0.25) is 9.78 Å². The number of anilines is 2. The van der Waals surface area contributed by atoms with E-state index in [1.165, 1.54) is 23.8 Å². The van der Waals surface area contributed by atoms with Crippen LogP contribution >= 0.6 is 11.6 Å². The highest BCUT2D eigenvalue weighted by Crippen LogP contribution is 2.33. The zero-order valence-corrected chi connectivity index (χ0v) is 17.9. The highest BCUT2D eigenvalue weighted by Gasteiger charge is 2.27. The van der Waals surface area contributed by atoms with Crippen LogP contribution in [-0.2, 0) is 11.2 Å². The third-order valence-electron chi connectivity index (χ3n) is 5.80. The lowest BCUT2D eigenvalue weighted by atomic mass is 9.94. The van der Waals surface area contributed by atoms with E-state index in [1.54, 1.807) is 6.20 Å². The highest BCUT2D eigenvalue weighted by molar-refractivity contribution is 6.31. The van der Waals surface area contributed by atoms with Gasteiger partial charge in [-0.1, -0.05) is 24.6 Å². The van der Waals surface area contributed by atoms with E-state index in [0.29, 0.717) is 37.2 Å². The van der Waals surface area contributed by atoms with E-state index < -0.39 is 5.82 Å².